The molecule has 1 N–H and O–H groups in total. The third-order valence-electron chi connectivity index (χ3n) is 4.25. The van der Waals surface area contributed by atoms with E-state index in [4.69, 9.17) is 0 Å². The molecule has 3 unspecified atom stereocenters. The summed E-state index contributed by atoms with van der Waals surface area (Å²) in [5, 5.41) is 10.3. The lowest BCUT2D eigenvalue weighted by molar-refractivity contribution is -0.137. The third-order valence-corrected chi connectivity index (χ3v) is 4.25. The van der Waals surface area contributed by atoms with Gasteiger partial charge in [0, 0.05) is 0 Å². The van der Waals surface area contributed by atoms with E-state index in [0.717, 1.165) is 37.0 Å². The Bertz CT molecular complexity index is 424. The summed E-state index contributed by atoms with van der Waals surface area (Å²) in [6.07, 6.45) is 0.0771. The Morgan fingerprint density at radius 2 is 1.85 bits per heavy atom. The molecular formula is C16H21F3O. The van der Waals surface area contributed by atoms with Crippen molar-refractivity contribution >= 4 is 0 Å². The summed E-state index contributed by atoms with van der Waals surface area (Å²) in [5.74, 6) is 0.914. The molecule has 1 aromatic rings. The molecule has 0 aromatic heterocycles. The van der Waals surface area contributed by atoms with Gasteiger partial charge in [0.05, 0.1) is 11.7 Å². The van der Waals surface area contributed by atoms with Crippen LogP contribution >= 0.6 is 0 Å². The Labute approximate surface area is 117 Å². The number of rotatable bonds is 3. The van der Waals surface area contributed by atoms with E-state index in [1.807, 2.05) is 0 Å². The number of halogens is 3. The van der Waals surface area contributed by atoms with E-state index in [1.54, 1.807) is 0 Å². The minimum atomic E-state index is -4.30. The van der Waals surface area contributed by atoms with Crippen molar-refractivity contribution in [2.45, 2.75) is 51.3 Å². The number of alkyl halides is 3. The summed E-state index contributed by atoms with van der Waals surface area (Å²) >= 11 is 0. The lowest BCUT2D eigenvalue weighted by Gasteiger charge is -2.30. The van der Waals surface area contributed by atoms with E-state index in [2.05, 4.69) is 6.92 Å². The van der Waals surface area contributed by atoms with Crippen molar-refractivity contribution in [1.29, 1.82) is 0 Å². The summed E-state index contributed by atoms with van der Waals surface area (Å²) in [5.41, 5.74) is 0.130. The second-order valence-electron chi connectivity index (χ2n) is 6.00. The van der Waals surface area contributed by atoms with E-state index in [9.17, 15) is 18.3 Å². The van der Waals surface area contributed by atoms with E-state index >= 15 is 0 Å². The van der Waals surface area contributed by atoms with Crippen LogP contribution in [0.3, 0.4) is 0 Å². The zero-order valence-corrected chi connectivity index (χ0v) is 11.7. The van der Waals surface area contributed by atoms with Gasteiger partial charge in [0.2, 0.25) is 0 Å². The number of aliphatic hydroxyl groups is 1. The topological polar surface area (TPSA) is 20.2 Å². The fourth-order valence-electron chi connectivity index (χ4n) is 3.07. The van der Waals surface area contributed by atoms with Crippen molar-refractivity contribution < 1.29 is 18.3 Å². The average Bonchev–Trinajstić information content (AvgIpc) is 2.38. The predicted molar refractivity (Wildman–Crippen MR) is 72.3 cm³/mol. The van der Waals surface area contributed by atoms with Gasteiger partial charge in [-0.2, -0.15) is 13.2 Å². The van der Waals surface area contributed by atoms with Crippen LogP contribution in [0.1, 0.15) is 43.7 Å². The van der Waals surface area contributed by atoms with Crippen molar-refractivity contribution in [2.24, 2.45) is 11.8 Å². The fraction of sp³-hybridized carbons (Fsp3) is 0.625. The van der Waals surface area contributed by atoms with Crippen LogP contribution in [0.15, 0.2) is 24.3 Å². The summed E-state index contributed by atoms with van der Waals surface area (Å²) < 4.78 is 37.4. The standard InChI is InChI=1S/C16H21F3O/c1-11-3-2-4-13(9-11)15(20)10-12-5-7-14(8-6-12)16(17,18)19/h5-8,11,13,15,20H,2-4,9-10H2,1H3. The van der Waals surface area contributed by atoms with Gasteiger partial charge in [0.25, 0.3) is 0 Å². The van der Waals surface area contributed by atoms with Crippen molar-refractivity contribution in [3.05, 3.63) is 35.4 Å². The van der Waals surface area contributed by atoms with Crippen LogP contribution in [0.5, 0.6) is 0 Å². The highest BCUT2D eigenvalue weighted by Gasteiger charge is 2.30. The smallest absolute Gasteiger partial charge is 0.392 e. The lowest BCUT2D eigenvalue weighted by Crippen LogP contribution is -2.27. The van der Waals surface area contributed by atoms with Crippen LogP contribution in [-0.2, 0) is 12.6 Å². The first-order chi connectivity index (χ1) is 9.36. The van der Waals surface area contributed by atoms with Crippen LogP contribution in [0.2, 0.25) is 0 Å². The van der Waals surface area contributed by atoms with Crippen LogP contribution in [0.4, 0.5) is 13.2 Å². The molecule has 0 heterocycles. The number of hydrogen-bond donors (Lipinski definition) is 1. The fourth-order valence-corrected chi connectivity index (χ4v) is 3.07. The molecule has 0 aliphatic heterocycles. The maximum absolute atomic E-state index is 12.5. The molecule has 4 heteroatoms. The second-order valence-corrected chi connectivity index (χ2v) is 6.00. The van der Waals surface area contributed by atoms with Gasteiger partial charge in [-0.25, -0.2) is 0 Å². The van der Waals surface area contributed by atoms with Crippen LogP contribution in [0.25, 0.3) is 0 Å². The van der Waals surface area contributed by atoms with E-state index < -0.39 is 17.8 Å². The third kappa shape index (κ3) is 3.98. The van der Waals surface area contributed by atoms with E-state index in [0.29, 0.717) is 12.3 Å². The van der Waals surface area contributed by atoms with Crippen molar-refractivity contribution in [3.8, 4) is 0 Å². The minimum Gasteiger partial charge on any atom is -0.392 e. The van der Waals surface area contributed by atoms with Gasteiger partial charge < -0.3 is 5.11 Å². The van der Waals surface area contributed by atoms with Crippen molar-refractivity contribution in [1.82, 2.24) is 0 Å². The Morgan fingerprint density at radius 1 is 1.20 bits per heavy atom. The molecule has 1 aliphatic carbocycles. The molecule has 20 heavy (non-hydrogen) atoms. The molecule has 1 aromatic carbocycles. The van der Waals surface area contributed by atoms with Crippen molar-refractivity contribution in [2.75, 3.05) is 0 Å². The van der Waals surface area contributed by atoms with E-state index in [-0.39, 0.29) is 5.92 Å². The highest BCUT2D eigenvalue weighted by atomic mass is 19.4. The summed E-state index contributed by atoms with van der Waals surface area (Å²) in [6.45, 7) is 2.19. The van der Waals surface area contributed by atoms with Crippen LogP contribution < -0.4 is 0 Å². The van der Waals surface area contributed by atoms with Crippen LogP contribution in [-0.4, -0.2) is 11.2 Å². The Balaban J connectivity index is 1.95. The molecule has 2 rings (SSSR count). The monoisotopic (exact) mass is 286 g/mol. The van der Waals surface area contributed by atoms with Gasteiger partial charge in [0.1, 0.15) is 0 Å². The normalized spacial score (nSPS) is 25.4. The maximum atomic E-state index is 12.5. The van der Waals surface area contributed by atoms with Gasteiger partial charge in [-0.3, -0.25) is 0 Å². The molecule has 3 atom stereocenters. The molecule has 0 radical (unpaired) electrons. The average molecular weight is 286 g/mol. The molecule has 1 nitrogen and oxygen atoms in total. The second kappa shape index (κ2) is 6.17. The number of hydrogen-bond acceptors (Lipinski definition) is 1. The molecule has 0 spiro atoms. The zero-order chi connectivity index (χ0) is 14.8. The molecular weight excluding hydrogens is 265 g/mol. The van der Waals surface area contributed by atoms with Crippen LogP contribution in [0, 0.1) is 11.8 Å². The Hall–Kier alpha value is -1.03. The van der Waals surface area contributed by atoms with Gasteiger partial charge in [-0.05, 0) is 48.8 Å². The Kier molecular flexibility index (Phi) is 4.74. The van der Waals surface area contributed by atoms with Crippen molar-refractivity contribution in [3.63, 3.8) is 0 Å². The van der Waals surface area contributed by atoms with Gasteiger partial charge in [-0.15, -0.1) is 0 Å². The summed E-state index contributed by atoms with van der Waals surface area (Å²) in [4.78, 5) is 0. The molecule has 1 saturated carbocycles. The molecule has 112 valence electrons. The molecule has 0 bridgehead atoms. The molecule has 0 amide bonds. The van der Waals surface area contributed by atoms with Gasteiger partial charge in [-0.1, -0.05) is 31.9 Å². The number of aliphatic hydroxyl groups excluding tert-OH is 1. The largest absolute Gasteiger partial charge is 0.416 e. The molecule has 1 aliphatic rings. The first kappa shape index (κ1) is 15.4. The Morgan fingerprint density at radius 3 is 2.40 bits per heavy atom. The van der Waals surface area contributed by atoms with E-state index in [1.165, 1.54) is 18.6 Å². The summed E-state index contributed by atoms with van der Waals surface area (Å²) in [6, 6.07) is 5.12. The lowest BCUT2D eigenvalue weighted by atomic mass is 9.78. The summed E-state index contributed by atoms with van der Waals surface area (Å²) in [7, 11) is 0. The van der Waals surface area contributed by atoms with Gasteiger partial charge in [0.15, 0.2) is 0 Å². The maximum Gasteiger partial charge on any atom is 0.416 e. The van der Waals surface area contributed by atoms with Gasteiger partial charge >= 0.3 is 6.18 Å². The molecule has 0 saturated heterocycles. The quantitative estimate of drug-likeness (QED) is 0.871. The zero-order valence-electron chi connectivity index (χ0n) is 11.7. The molecule has 1 fully saturated rings. The first-order valence-electron chi connectivity index (χ1n) is 7.20. The minimum absolute atomic E-state index is 0.279. The highest BCUT2D eigenvalue weighted by molar-refractivity contribution is 5.25. The highest BCUT2D eigenvalue weighted by Crippen LogP contribution is 2.32. The first-order valence-corrected chi connectivity index (χ1v) is 7.20. The number of benzene rings is 1. The SMILES string of the molecule is CC1CCCC(C(O)Cc2ccc(C(F)(F)F)cc2)C1. The predicted octanol–water partition coefficient (Wildman–Crippen LogP) is 4.44.